The Morgan fingerprint density at radius 2 is 1.90 bits per heavy atom. The van der Waals surface area contributed by atoms with E-state index in [0.29, 0.717) is 30.4 Å². The summed E-state index contributed by atoms with van der Waals surface area (Å²) in [4.78, 5) is 24.1. The van der Waals surface area contributed by atoms with E-state index in [2.05, 4.69) is 11.2 Å². The second-order valence-electron chi connectivity index (χ2n) is 11.0. The minimum absolute atomic E-state index is 0.149. The summed E-state index contributed by atoms with van der Waals surface area (Å²) in [5.74, 6) is -0.237. The van der Waals surface area contributed by atoms with Crippen LogP contribution in [0.5, 0.6) is 11.5 Å². The Balaban J connectivity index is 2.04. The van der Waals surface area contributed by atoms with Gasteiger partial charge in [0.05, 0.1) is 18.3 Å². The number of aliphatic hydroxyl groups is 3. The lowest BCUT2D eigenvalue weighted by Gasteiger charge is -2.47. The molecule has 1 amide bonds. The third kappa shape index (κ3) is 8.32. The molecule has 1 aromatic carbocycles. The van der Waals surface area contributed by atoms with E-state index in [0.717, 1.165) is 6.07 Å². The Labute approximate surface area is 235 Å². The number of phenols is 2. The highest BCUT2D eigenvalue weighted by atomic mass is 16.6. The molecule has 0 radical (unpaired) electrons. The van der Waals surface area contributed by atoms with Crippen LogP contribution in [-0.2, 0) is 20.7 Å². The highest BCUT2D eigenvalue weighted by Crippen LogP contribution is 2.40. The number of ether oxygens (including phenoxy) is 2. The first-order chi connectivity index (χ1) is 18.7. The number of aromatic hydroxyl groups is 2. The van der Waals surface area contributed by atoms with Crippen LogP contribution in [0.1, 0.15) is 80.3 Å². The Bertz CT molecular complexity index is 1070. The van der Waals surface area contributed by atoms with E-state index in [1.165, 1.54) is 7.11 Å². The lowest BCUT2D eigenvalue weighted by Crippen LogP contribution is -2.58. The molecule has 1 saturated heterocycles. The largest absolute Gasteiger partial charge is 0.508 e. The van der Waals surface area contributed by atoms with Gasteiger partial charge in [0, 0.05) is 37.9 Å². The summed E-state index contributed by atoms with van der Waals surface area (Å²) < 4.78 is 11.6. The van der Waals surface area contributed by atoms with Crippen LogP contribution in [0.15, 0.2) is 6.07 Å². The number of benzene rings is 1. The minimum atomic E-state index is -1.31. The number of hydrogen-bond acceptors (Lipinski definition) is 9. The summed E-state index contributed by atoms with van der Waals surface area (Å²) in [7, 11) is 1.38. The topological polar surface area (TPSA) is 186 Å². The van der Waals surface area contributed by atoms with Crippen molar-refractivity contribution in [3.63, 3.8) is 0 Å². The number of aliphatic hydroxyl groups excluding tert-OH is 3. The molecule has 0 bridgehead atoms. The molecule has 1 fully saturated rings. The van der Waals surface area contributed by atoms with E-state index < -0.39 is 59.8 Å². The number of methoxy groups -OCH3 is 1. The monoisotopic (exact) mass is 565 g/mol. The van der Waals surface area contributed by atoms with Crippen molar-refractivity contribution >= 4 is 11.9 Å². The molecule has 11 nitrogen and oxygen atoms in total. The molecule has 7 N–H and O–H groups in total. The smallest absolute Gasteiger partial charge is 0.339 e. The number of unbranched alkanes of at least 4 members (excludes halogenated alkanes) is 1. The predicted octanol–water partition coefficient (Wildman–Crippen LogP) is 1.98. The summed E-state index contributed by atoms with van der Waals surface area (Å²) in [6.07, 6.45) is 2.16. The number of hydrogen-bond donors (Lipinski definition) is 7. The molecule has 0 spiro atoms. The molecule has 2 rings (SSSR count). The number of carboxylic acids is 1. The number of rotatable bonds is 14. The Morgan fingerprint density at radius 3 is 2.50 bits per heavy atom. The van der Waals surface area contributed by atoms with Crippen molar-refractivity contribution in [2.45, 2.75) is 109 Å². The van der Waals surface area contributed by atoms with Crippen LogP contribution in [0, 0.1) is 24.7 Å². The van der Waals surface area contributed by atoms with E-state index in [4.69, 9.17) is 15.9 Å². The summed E-state index contributed by atoms with van der Waals surface area (Å²) in [6, 6.07) is 0.997. The fraction of sp³-hybridized carbons (Fsp3) is 0.655. The maximum atomic E-state index is 12.5. The highest BCUT2D eigenvalue weighted by Gasteiger charge is 2.47. The van der Waals surface area contributed by atoms with Crippen molar-refractivity contribution in [1.29, 1.82) is 0 Å². The maximum absolute atomic E-state index is 12.5. The van der Waals surface area contributed by atoms with Gasteiger partial charge in [-0.3, -0.25) is 4.79 Å². The molecular weight excluding hydrogens is 522 g/mol. The number of nitrogens with one attached hydrogen (secondary N) is 1. The molecule has 6 atom stereocenters. The van der Waals surface area contributed by atoms with Gasteiger partial charge >= 0.3 is 5.97 Å². The minimum Gasteiger partial charge on any atom is -0.508 e. The number of phenolic OH excluding ortho intramolecular Hbond substituents is 1. The molecule has 224 valence electrons. The Morgan fingerprint density at radius 1 is 1.23 bits per heavy atom. The van der Waals surface area contributed by atoms with Gasteiger partial charge in [-0.25, -0.2) is 4.79 Å². The Hall–Kier alpha value is -2.88. The third-order valence-electron chi connectivity index (χ3n) is 7.79. The van der Waals surface area contributed by atoms with E-state index in [1.807, 2.05) is 13.8 Å². The zero-order valence-electron chi connectivity index (χ0n) is 23.6. The van der Waals surface area contributed by atoms with Crippen molar-refractivity contribution in [3.8, 4) is 23.8 Å². The second-order valence-corrected chi connectivity index (χ2v) is 11.0. The average Bonchev–Trinajstić information content (AvgIpc) is 2.87. The fourth-order valence-electron chi connectivity index (χ4n) is 5.04. The van der Waals surface area contributed by atoms with Gasteiger partial charge in [0.1, 0.15) is 29.3 Å². The van der Waals surface area contributed by atoms with Gasteiger partial charge in [0.25, 0.3) is 5.91 Å². The standard InChI is InChI=1S/C29H43NO10/c1-6-7-8-12-19(32)26(36)30-27(39-5)22-15-23(35)29(3,4)24(40-22)13-17(31)10-9-11-18-16(2)20(33)14-21(34)25(18)28(37)38/h1,14,17,19,22-24,27,31-35H,7-13,15H2,2-5H3,(H,30,36)(H,37,38)/t17-,19?,22+,23?,24?,27?/m1/s1. The van der Waals surface area contributed by atoms with Crippen LogP contribution in [0.4, 0.5) is 0 Å². The number of carbonyl (C=O) groups excluding carboxylic acids is 1. The zero-order valence-corrected chi connectivity index (χ0v) is 23.6. The number of carboxylic acid groups (broad SMARTS) is 1. The summed E-state index contributed by atoms with van der Waals surface area (Å²) in [6.45, 7) is 5.20. The molecule has 1 aliphatic heterocycles. The van der Waals surface area contributed by atoms with Gasteiger partial charge in [0.2, 0.25) is 0 Å². The van der Waals surface area contributed by atoms with Crippen LogP contribution in [0.2, 0.25) is 0 Å². The van der Waals surface area contributed by atoms with E-state index in [1.54, 1.807) is 6.92 Å². The number of terminal acetylenes is 1. The first kappa shape index (κ1) is 33.3. The molecule has 0 aromatic heterocycles. The lowest BCUT2D eigenvalue weighted by atomic mass is 9.74. The Kier molecular flexibility index (Phi) is 12.2. The first-order valence-corrected chi connectivity index (χ1v) is 13.5. The van der Waals surface area contributed by atoms with Gasteiger partial charge in [0.15, 0.2) is 6.23 Å². The normalized spacial score (nSPS) is 22.6. The molecule has 4 unspecified atom stereocenters. The van der Waals surface area contributed by atoms with Crippen molar-refractivity contribution < 1.29 is 49.7 Å². The first-order valence-electron chi connectivity index (χ1n) is 13.5. The van der Waals surface area contributed by atoms with Crippen LogP contribution < -0.4 is 5.32 Å². The average molecular weight is 566 g/mol. The van der Waals surface area contributed by atoms with Crippen molar-refractivity contribution in [1.82, 2.24) is 5.32 Å². The molecular formula is C29H43NO10. The molecule has 0 aliphatic carbocycles. The van der Waals surface area contributed by atoms with Crippen LogP contribution >= 0.6 is 0 Å². The van der Waals surface area contributed by atoms with Crippen LogP contribution in [0.25, 0.3) is 0 Å². The van der Waals surface area contributed by atoms with Gasteiger partial charge in [-0.1, -0.05) is 13.8 Å². The van der Waals surface area contributed by atoms with E-state index >= 15 is 0 Å². The van der Waals surface area contributed by atoms with Crippen LogP contribution in [0.3, 0.4) is 0 Å². The molecule has 1 heterocycles. The maximum Gasteiger partial charge on any atom is 0.339 e. The molecule has 40 heavy (non-hydrogen) atoms. The predicted molar refractivity (Wildman–Crippen MR) is 146 cm³/mol. The summed E-state index contributed by atoms with van der Waals surface area (Å²) >= 11 is 0. The molecule has 11 heteroatoms. The molecule has 1 aliphatic rings. The second kappa shape index (κ2) is 14.7. The van der Waals surface area contributed by atoms with Crippen LogP contribution in [-0.4, -0.2) is 86.4 Å². The summed E-state index contributed by atoms with van der Waals surface area (Å²) in [5, 5.41) is 64.0. The van der Waals surface area contributed by atoms with Gasteiger partial charge < -0.3 is 45.4 Å². The zero-order chi connectivity index (χ0) is 30.2. The highest BCUT2D eigenvalue weighted by molar-refractivity contribution is 5.93. The van der Waals surface area contributed by atoms with Crippen molar-refractivity contribution in [2.75, 3.05) is 7.11 Å². The third-order valence-corrected chi connectivity index (χ3v) is 7.79. The quantitative estimate of drug-likeness (QED) is 0.0999. The van der Waals surface area contributed by atoms with Crippen molar-refractivity contribution in [2.24, 2.45) is 5.41 Å². The lowest BCUT2D eigenvalue weighted by molar-refractivity contribution is -0.214. The number of amides is 1. The molecule has 0 saturated carbocycles. The van der Waals surface area contributed by atoms with Crippen molar-refractivity contribution in [3.05, 3.63) is 22.8 Å². The van der Waals surface area contributed by atoms with E-state index in [-0.39, 0.29) is 43.4 Å². The molecule has 1 aromatic rings. The summed E-state index contributed by atoms with van der Waals surface area (Å²) in [5.41, 5.74) is -0.372. The van der Waals surface area contributed by atoms with Gasteiger partial charge in [-0.2, -0.15) is 0 Å². The SMILES string of the molecule is C#CCCCC(O)C(=O)NC(OC)[C@@H]1CC(O)C(C)(C)C(C[C@H](O)CCCc2c(C)c(O)cc(O)c2C(=O)O)O1. The fourth-order valence-corrected chi connectivity index (χ4v) is 5.04. The van der Waals surface area contributed by atoms with Gasteiger partial charge in [-0.15, -0.1) is 12.3 Å². The van der Waals surface area contributed by atoms with Gasteiger partial charge in [-0.05, 0) is 50.2 Å². The number of carbonyl (C=O) groups is 2. The van der Waals surface area contributed by atoms with E-state index in [9.17, 15) is 40.2 Å². The number of aromatic carboxylic acids is 1.